The molecule has 3 aromatic heterocycles. The monoisotopic (exact) mass is 552 g/mol. The number of rotatable bonds is 6. The van der Waals surface area contributed by atoms with Crippen LogP contribution in [0.25, 0.3) is 21.1 Å². The van der Waals surface area contributed by atoms with E-state index in [9.17, 15) is 14.7 Å². The summed E-state index contributed by atoms with van der Waals surface area (Å²) in [5, 5.41) is 16.6. The number of carbonyl (C=O) groups is 2. The number of aromatic nitrogens is 4. The number of carbonyl (C=O) groups excluding carboxylic acids is 1. The van der Waals surface area contributed by atoms with E-state index in [1.54, 1.807) is 0 Å². The molecule has 4 heterocycles. The van der Waals surface area contributed by atoms with Gasteiger partial charge >= 0.3 is 5.97 Å². The van der Waals surface area contributed by atoms with E-state index in [1.165, 1.54) is 23.7 Å². The molecule has 0 saturated heterocycles. The van der Waals surface area contributed by atoms with Crippen molar-refractivity contribution in [3.05, 3.63) is 40.3 Å². The number of amides is 1. The fourth-order valence-electron chi connectivity index (χ4n) is 5.59. The summed E-state index contributed by atoms with van der Waals surface area (Å²) in [5.41, 5.74) is 1.54. The number of hydrogen-bond acceptors (Lipinski definition) is 10. The van der Waals surface area contributed by atoms with Crippen molar-refractivity contribution in [1.82, 2.24) is 25.3 Å². The molecule has 0 spiro atoms. The van der Waals surface area contributed by atoms with Gasteiger partial charge in [0.05, 0.1) is 46.1 Å². The lowest BCUT2D eigenvalue weighted by Gasteiger charge is -2.67. The fourth-order valence-corrected chi connectivity index (χ4v) is 6.80. The van der Waals surface area contributed by atoms with Crippen molar-refractivity contribution < 1.29 is 24.2 Å². The zero-order valence-electron chi connectivity index (χ0n) is 20.1. The first kappa shape index (κ1) is 23.5. The Hall–Kier alpha value is -3.61. The number of carboxylic acid groups (broad SMARTS) is 1. The molecule has 3 aliphatic carbocycles. The molecular formula is C25H21ClN6O5S. The van der Waals surface area contributed by atoms with Gasteiger partial charge in [-0.1, -0.05) is 0 Å². The minimum Gasteiger partial charge on any atom is -0.481 e. The van der Waals surface area contributed by atoms with Crippen LogP contribution < -0.4 is 15.4 Å². The number of nitrogens with one attached hydrogen (secondary N) is 2. The molecule has 0 radical (unpaired) electrons. The van der Waals surface area contributed by atoms with Crippen LogP contribution in [0.15, 0.2) is 24.5 Å². The molecule has 3 N–H and O–H groups in total. The highest BCUT2D eigenvalue weighted by atomic mass is 35.5. The number of benzene rings is 1. The molecule has 11 nitrogen and oxygen atoms in total. The highest BCUT2D eigenvalue weighted by Crippen LogP contribution is 2.69. The van der Waals surface area contributed by atoms with Crippen molar-refractivity contribution in [2.45, 2.75) is 44.4 Å². The summed E-state index contributed by atoms with van der Waals surface area (Å²) in [6.07, 6.45) is 4.55. The van der Waals surface area contributed by atoms with E-state index in [0.717, 1.165) is 15.8 Å². The van der Waals surface area contributed by atoms with Crippen LogP contribution in [-0.4, -0.2) is 55.1 Å². The van der Waals surface area contributed by atoms with Gasteiger partial charge in [-0.05, 0) is 49.9 Å². The normalized spacial score (nSPS) is 25.5. The van der Waals surface area contributed by atoms with Gasteiger partial charge in [0.15, 0.2) is 0 Å². The zero-order chi connectivity index (χ0) is 26.2. The van der Waals surface area contributed by atoms with Crippen molar-refractivity contribution in [3.8, 4) is 11.8 Å². The first-order valence-corrected chi connectivity index (χ1v) is 13.3. The number of hydrogen-bond donors (Lipinski definition) is 3. The van der Waals surface area contributed by atoms with Crippen molar-refractivity contribution in [2.75, 3.05) is 11.9 Å². The molecule has 0 unspecified atom stereocenters. The number of halogens is 1. The third-order valence-corrected chi connectivity index (χ3v) is 8.81. The second-order valence-corrected chi connectivity index (χ2v) is 11.6. The Labute approximate surface area is 224 Å². The molecule has 1 amide bonds. The van der Waals surface area contributed by atoms with Gasteiger partial charge in [0, 0.05) is 28.9 Å². The maximum Gasteiger partial charge on any atom is 0.309 e. The summed E-state index contributed by atoms with van der Waals surface area (Å²) in [7, 11) is 0. The highest BCUT2D eigenvalue weighted by Gasteiger charge is 2.73. The van der Waals surface area contributed by atoms with Gasteiger partial charge in [-0.25, -0.2) is 15.0 Å². The maximum atomic E-state index is 12.7. The van der Waals surface area contributed by atoms with E-state index >= 15 is 0 Å². The van der Waals surface area contributed by atoms with Gasteiger partial charge in [-0.15, -0.1) is 11.3 Å². The molecule has 8 rings (SSSR count). The number of aliphatic carboxylic acids is 1. The van der Waals surface area contributed by atoms with E-state index in [-0.39, 0.29) is 35.6 Å². The van der Waals surface area contributed by atoms with Gasteiger partial charge in [-0.2, -0.15) is 4.98 Å². The van der Waals surface area contributed by atoms with Crippen LogP contribution in [0.1, 0.15) is 41.4 Å². The Morgan fingerprint density at radius 3 is 2.84 bits per heavy atom. The second-order valence-electron chi connectivity index (χ2n) is 10.2. The Balaban J connectivity index is 1.17. The van der Waals surface area contributed by atoms with Crippen molar-refractivity contribution in [3.63, 3.8) is 0 Å². The Morgan fingerprint density at radius 2 is 2.05 bits per heavy atom. The lowest BCUT2D eigenvalue weighted by molar-refractivity contribution is -0.286. The van der Waals surface area contributed by atoms with Gasteiger partial charge in [0.25, 0.3) is 5.91 Å². The molecule has 13 heteroatoms. The van der Waals surface area contributed by atoms with Gasteiger partial charge in [-0.3, -0.25) is 9.59 Å². The smallest absolute Gasteiger partial charge is 0.309 e. The summed E-state index contributed by atoms with van der Waals surface area (Å²) < 4.78 is 13.0. The van der Waals surface area contributed by atoms with Crippen LogP contribution in [0.2, 0.25) is 5.28 Å². The molecule has 1 atom stereocenters. The molecule has 1 aliphatic heterocycles. The van der Waals surface area contributed by atoms with E-state index in [1.807, 2.05) is 19.1 Å². The average molecular weight is 553 g/mol. The maximum absolute atomic E-state index is 12.7. The first-order valence-electron chi connectivity index (χ1n) is 12.1. The highest BCUT2D eigenvalue weighted by molar-refractivity contribution is 7.21. The molecule has 3 fully saturated rings. The quantitative estimate of drug-likeness (QED) is 0.298. The van der Waals surface area contributed by atoms with Crippen LogP contribution in [0, 0.1) is 5.41 Å². The first-order chi connectivity index (χ1) is 18.2. The van der Waals surface area contributed by atoms with E-state index in [2.05, 4.69) is 30.6 Å². The predicted molar refractivity (Wildman–Crippen MR) is 139 cm³/mol. The molecule has 4 aliphatic rings. The summed E-state index contributed by atoms with van der Waals surface area (Å²) in [6, 6.07) is 3.76. The third-order valence-electron chi connectivity index (χ3n) is 7.48. The van der Waals surface area contributed by atoms with E-state index < -0.39 is 17.0 Å². The minimum absolute atomic E-state index is 0.00368. The minimum atomic E-state index is -0.763. The molecule has 4 aromatic rings. The average Bonchev–Trinajstić information content (AvgIpc) is 3.14. The lowest BCUT2D eigenvalue weighted by atomic mass is 9.41. The van der Waals surface area contributed by atoms with E-state index in [0.29, 0.717) is 47.3 Å². The van der Waals surface area contributed by atoms with Crippen LogP contribution in [0.3, 0.4) is 0 Å². The van der Waals surface area contributed by atoms with Crippen LogP contribution in [0.4, 0.5) is 5.69 Å². The van der Waals surface area contributed by atoms with Crippen LogP contribution in [0.5, 0.6) is 11.8 Å². The number of ether oxygens (including phenoxy) is 2. The second kappa shape index (κ2) is 8.19. The SMILES string of the molecule is C[C@@H]1CNc2c(sc3ccc4nc(Oc5nc(Cl)ncc5COC56CC(C(=O)O)(C5)C6)cnc4c23)C(=O)N1. The van der Waals surface area contributed by atoms with Crippen molar-refractivity contribution >= 4 is 61.6 Å². The summed E-state index contributed by atoms with van der Waals surface area (Å²) in [6.45, 7) is 2.70. The lowest BCUT2D eigenvalue weighted by Crippen LogP contribution is -2.71. The number of fused-ring (bicyclic) bond motifs is 5. The van der Waals surface area contributed by atoms with Gasteiger partial charge in [0.1, 0.15) is 4.88 Å². The Kier molecular flexibility index (Phi) is 5.07. The van der Waals surface area contributed by atoms with Crippen LogP contribution >= 0.6 is 22.9 Å². The fraction of sp³-hybridized carbons (Fsp3) is 0.360. The zero-order valence-corrected chi connectivity index (χ0v) is 21.6. The van der Waals surface area contributed by atoms with Gasteiger partial charge < -0.3 is 25.2 Å². The third kappa shape index (κ3) is 3.58. The topological polar surface area (TPSA) is 148 Å². The molecule has 2 bridgehead atoms. The standard InChI is InChI=1S/C25H21ClN6O5S/c1-11-4-27-18-16-14(38-19(18)20(33)30-11)3-2-13-17(16)28-6-15(31-13)37-21-12(5-29-23(26)32-21)7-36-25-8-24(9-25,10-25)22(34)35/h2-3,5-6,11,27H,4,7-10H2,1H3,(H,30,33)(H,34,35)/t11-,24?,25?/m1/s1. The van der Waals surface area contributed by atoms with Gasteiger partial charge in [0.2, 0.25) is 17.0 Å². The predicted octanol–water partition coefficient (Wildman–Crippen LogP) is 4.15. The Bertz CT molecular complexity index is 1660. The molecule has 38 heavy (non-hydrogen) atoms. The number of carboxylic acids is 1. The van der Waals surface area contributed by atoms with Crippen LogP contribution in [-0.2, 0) is 16.1 Å². The molecular weight excluding hydrogens is 532 g/mol. The molecule has 194 valence electrons. The van der Waals surface area contributed by atoms with Crippen molar-refractivity contribution in [2.24, 2.45) is 5.41 Å². The van der Waals surface area contributed by atoms with E-state index in [4.69, 9.17) is 21.1 Å². The van der Waals surface area contributed by atoms with Crippen molar-refractivity contribution in [1.29, 1.82) is 0 Å². The molecule has 3 saturated carbocycles. The number of nitrogens with zero attached hydrogens (tertiary/aromatic N) is 4. The molecule has 1 aromatic carbocycles. The summed E-state index contributed by atoms with van der Waals surface area (Å²) in [4.78, 5) is 42.2. The summed E-state index contributed by atoms with van der Waals surface area (Å²) >= 11 is 7.46. The number of anilines is 1. The summed E-state index contributed by atoms with van der Waals surface area (Å²) in [5.74, 6) is -0.465. The number of thiophene rings is 1. The Morgan fingerprint density at radius 1 is 1.24 bits per heavy atom. The largest absolute Gasteiger partial charge is 0.481 e.